The predicted molar refractivity (Wildman–Crippen MR) is 41.6 cm³/mol. The van der Waals surface area contributed by atoms with Crippen LogP contribution >= 0.6 is 0 Å². The monoisotopic (exact) mass is 233 g/mol. The molecule has 16 heavy (non-hydrogen) atoms. The van der Waals surface area contributed by atoms with Crippen molar-refractivity contribution in [2.75, 3.05) is 0 Å². The molecule has 0 saturated carbocycles. The maximum atomic E-state index is 12.9. The van der Waals surface area contributed by atoms with E-state index in [1.165, 1.54) is 0 Å². The Morgan fingerprint density at radius 3 is 2.25 bits per heavy atom. The fourth-order valence-electron chi connectivity index (χ4n) is 0.859. The number of carbonyl (C=O) groups excluding carboxylic acids is 2. The first kappa shape index (κ1) is 12.0. The number of hydrogen-bond acceptors (Lipinski definition) is 4. The number of benzene rings is 1. The zero-order valence-electron chi connectivity index (χ0n) is 7.63. The smallest absolute Gasteiger partial charge is 0.317 e. The first-order valence-electron chi connectivity index (χ1n) is 3.95. The Labute approximate surface area is 87.3 Å². The molecular formula is C9H4F3O4-. The topological polar surface area (TPSA) is 66.4 Å². The maximum absolute atomic E-state index is 12.9. The first-order valence-corrected chi connectivity index (χ1v) is 3.95. The van der Waals surface area contributed by atoms with E-state index >= 15 is 0 Å². The van der Waals surface area contributed by atoms with Crippen molar-refractivity contribution >= 4 is 11.9 Å². The summed E-state index contributed by atoms with van der Waals surface area (Å²) in [7, 11) is 0. The summed E-state index contributed by atoms with van der Waals surface area (Å²) in [5.74, 6) is -8.14. The van der Waals surface area contributed by atoms with Gasteiger partial charge in [-0.3, -0.25) is 4.79 Å². The van der Waals surface area contributed by atoms with Crippen molar-refractivity contribution in [2.45, 2.75) is 6.42 Å². The van der Waals surface area contributed by atoms with E-state index < -0.39 is 41.6 Å². The molecule has 1 aromatic rings. The molecule has 0 atom stereocenters. The molecule has 1 rings (SSSR count). The molecule has 0 aliphatic carbocycles. The Morgan fingerprint density at radius 2 is 1.69 bits per heavy atom. The summed E-state index contributed by atoms with van der Waals surface area (Å²) in [6.07, 6.45) is -1.11. The molecule has 0 spiro atoms. The van der Waals surface area contributed by atoms with Gasteiger partial charge in [-0.05, 0) is 0 Å². The van der Waals surface area contributed by atoms with Crippen LogP contribution in [-0.4, -0.2) is 11.9 Å². The predicted octanol–water partition coefficient (Wildman–Crippen LogP) is 0.149. The second kappa shape index (κ2) is 4.65. The van der Waals surface area contributed by atoms with Gasteiger partial charge in [0.15, 0.2) is 23.2 Å². The third-order valence-corrected chi connectivity index (χ3v) is 1.49. The van der Waals surface area contributed by atoms with Gasteiger partial charge in [0.25, 0.3) is 0 Å². The number of esters is 1. The van der Waals surface area contributed by atoms with Gasteiger partial charge in [-0.15, -0.1) is 0 Å². The largest absolute Gasteiger partial charge is 0.550 e. The molecule has 4 nitrogen and oxygen atoms in total. The van der Waals surface area contributed by atoms with Crippen LogP contribution in [0.2, 0.25) is 0 Å². The lowest BCUT2D eigenvalue weighted by molar-refractivity contribution is -0.304. The van der Waals surface area contributed by atoms with Crippen LogP contribution < -0.4 is 9.84 Å². The fraction of sp³-hybridized carbons (Fsp3) is 0.111. The van der Waals surface area contributed by atoms with Gasteiger partial charge in [0.05, 0.1) is 12.4 Å². The molecule has 0 unspecified atom stereocenters. The quantitative estimate of drug-likeness (QED) is 0.322. The van der Waals surface area contributed by atoms with Gasteiger partial charge in [0.2, 0.25) is 0 Å². The third-order valence-electron chi connectivity index (χ3n) is 1.49. The molecule has 0 radical (unpaired) electrons. The van der Waals surface area contributed by atoms with Crippen LogP contribution in [0.15, 0.2) is 12.1 Å². The van der Waals surface area contributed by atoms with Gasteiger partial charge in [0, 0.05) is 12.1 Å². The van der Waals surface area contributed by atoms with E-state index in [1.807, 2.05) is 0 Å². The normalized spacial score (nSPS) is 9.94. The maximum Gasteiger partial charge on any atom is 0.317 e. The molecule has 0 aliphatic rings. The van der Waals surface area contributed by atoms with Gasteiger partial charge in [-0.2, -0.15) is 0 Å². The Bertz CT molecular complexity index is 445. The Morgan fingerprint density at radius 1 is 1.12 bits per heavy atom. The summed E-state index contributed by atoms with van der Waals surface area (Å²) in [5, 5.41) is 9.97. The van der Waals surface area contributed by atoms with Gasteiger partial charge in [-0.1, -0.05) is 0 Å². The third kappa shape index (κ3) is 2.97. The Balaban J connectivity index is 2.85. The molecule has 0 saturated heterocycles. The minimum Gasteiger partial charge on any atom is -0.550 e. The summed E-state index contributed by atoms with van der Waals surface area (Å²) < 4.78 is 42.1. The first-order chi connectivity index (χ1) is 7.40. The zero-order valence-corrected chi connectivity index (χ0v) is 7.63. The van der Waals surface area contributed by atoms with E-state index in [9.17, 15) is 27.9 Å². The van der Waals surface area contributed by atoms with Crippen LogP contribution in [0.5, 0.6) is 5.75 Å². The van der Waals surface area contributed by atoms with E-state index in [-0.39, 0.29) is 6.07 Å². The molecule has 0 aliphatic heterocycles. The minimum atomic E-state index is -1.73. The molecular weight excluding hydrogens is 229 g/mol. The van der Waals surface area contributed by atoms with Crippen LogP contribution in [0.25, 0.3) is 0 Å². The highest BCUT2D eigenvalue weighted by molar-refractivity contribution is 5.90. The molecule has 7 heteroatoms. The number of hydrogen-bond donors (Lipinski definition) is 0. The molecule has 86 valence electrons. The number of rotatable bonds is 3. The van der Waals surface area contributed by atoms with E-state index in [4.69, 9.17) is 0 Å². The second-order valence-electron chi connectivity index (χ2n) is 2.72. The van der Waals surface area contributed by atoms with Gasteiger partial charge in [-0.25, -0.2) is 13.2 Å². The van der Waals surface area contributed by atoms with Crippen LogP contribution in [0, 0.1) is 17.5 Å². The second-order valence-corrected chi connectivity index (χ2v) is 2.72. The highest BCUT2D eigenvalue weighted by Crippen LogP contribution is 2.20. The van der Waals surface area contributed by atoms with Gasteiger partial charge < -0.3 is 14.6 Å². The number of ether oxygens (including phenoxy) is 1. The van der Waals surface area contributed by atoms with Crippen molar-refractivity contribution in [3.8, 4) is 5.75 Å². The Kier molecular flexibility index (Phi) is 3.49. The molecule has 0 fully saturated rings. The molecule has 0 aromatic heterocycles. The van der Waals surface area contributed by atoms with Crippen molar-refractivity contribution in [1.29, 1.82) is 0 Å². The summed E-state index contributed by atoms with van der Waals surface area (Å²) in [6.45, 7) is 0. The highest BCUT2D eigenvalue weighted by atomic mass is 19.2. The summed E-state index contributed by atoms with van der Waals surface area (Å²) >= 11 is 0. The number of carboxylic acids is 1. The van der Waals surface area contributed by atoms with Crippen molar-refractivity contribution in [3.63, 3.8) is 0 Å². The van der Waals surface area contributed by atoms with Crippen molar-refractivity contribution in [3.05, 3.63) is 29.6 Å². The zero-order chi connectivity index (χ0) is 12.3. The van der Waals surface area contributed by atoms with Crippen LogP contribution in [0.4, 0.5) is 13.2 Å². The number of aliphatic carboxylic acids is 1. The molecule has 0 bridgehead atoms. The number of halogens is 3. The minimum absolute atomic E-state index is 0.178. The van der Waals surface area contributed by atoms with Gasteiger partial charge in [0.1, 0.15) is 0 Å². The summed E-state index contributed by atoms with van der Waals surface area (Å²) in [4.78, 5) is 20.7. The standard InChI is InChI=1S/C9H5F3O4/c10-4-1-6(12)7(2-5(4)11)16-9(15)3-8(13)14/h1-2H,3H2,(H,13,14)/p-1. The van der Waals surface area contributed by atoms with Crippen molar-refractivity contribution in [1.82, 2.24) is 0 Å². The summed E-state index contributed by atoms with van der Waals surface area (Å²) in [6, 6.07) is 0.481. The molecule has 0 amide bonds. The van der Waals surface area contributed by atoms with Crippen LogP contribution in [0.1, 0.15) is 6.42 Å². The van der Waals surface area contributed by atoms with E-state index in [0.717, 1.165) is 0 Å². The summed E-state index contributed by atoms with van der Waals surface area (Å²) in [5.41, 5.74) is 0. The highest BCUT2D eigenvalue weighted by Gasteiger charge is 2.14. The average molecular weight is 233 g/mol. The lowest BCUT2D eigenvalue weighted by Crippen LogP contribution is -2.27. The number of carbonyl (C=O) groups is 2. The SMILES string of the molecule is O=C([O-])CC(=O)Oc1cc(F)c(F)cc1F. The fourth-order valence-corrected chi connectivity index (χ4v) is 0.859. The van der Waals surface area contributed by atoms with E-state index in [1.54, 1.807) is 0 Å². The number of carboxylic acid groups (broad SMARTS) is 1. The van der Waals surface area contributed by atoms with Gasteiger partial charge >= 0.3 is 5.97 Å². The van der Waals surface area contributed by atoms with Crippen LogP contribution in [0.3, 0.4) is 0 Å². The molecule has 0 heterocycles. The molecule has 1 aromatic carbocycles. The average Bonchev–Trinajstić information content (AvgIpc) is 2.12. The van der Waals surface area contributed by atoms with E-state index in [0.29, 0.717) is 6.07 Å². The van der Waals surface area contributed by atoms with E-state index in [2.05, 4.69) is 4.74 Å². The van der Waals surface area contributed by atoms with Crippen LogP contribution in [-0.2, 0) is 9.59 Å². The van der Waals surface area contributed by atoms with Crippen molar-refractivity contribution in [2.24, 2.45) is 0 Å². The lowest BCUT2D eigenvalue weighted by Gasteiger charge is -2.06. The molecule has 0 N–H and O–H groups in total. The lowest BCUT2D eigenvalue weighted by atomic mass is 10.3. The Hall–Kier alpha value is -2.05. The van der Waals surface area contributed by atoms with Crippen molar-refractivity contribution < 1.29 is 32.6 Å².